The van der Waals surface area contributed by atoms with Gasteiger partial charge in [-0.25, -0.2) is 0 Å². The summed E-state index contributed by atoms with van der Waals surface area (Å²) in [6, 6.07) is 11.1. The largest absolute Gasteiger partial charge is 0.447 e. The van der Waals surface area contributed by atoms with Crippen molar-refractivity contribution < 1.29 is 9.21 Å². The van der Waals surface area contributed by atoms with Gasteiger partial charge in [0.1, 0.15) is 0 Å². The van der Waals surface area contributed by atoms with Crippen molar-refractivity contribution in [1.29, 1.82) is 0 Å². The van der Waals surface area contributed by atoms with Crippen LogP contribution in [0.3, 0.4) is 0 Å². The SMILES string of the molecule is O=Cc1ccc(SCc2ccc(Cl)cc2)o1. The third-order valence-electron chi connectivity index (χ3n) is 2.01. The molecule has 0 aliphatic heterocycles. The highest BCUT2D eigenvalue weighted by atomic mass is 35.5. The zero-order valence-corrected chi connectivity index (χ0v) is 9.92. The van der Waals surface area contributed by atoms with Crippen LogP contribution in [-0.2, 0) is 5.75 Å². The van der Waals surface area contributed by atoms with Crippen LogP contribution in [0.2, 0.25) is 5.02 Å². The molecule has 16 heavy (non-hydrogen) atoms. The summed E-state index contributed by atoms with van der Waals surface area (Å²) in [5.41, 5.74) is 1.17. The van der Waals surface area contributed by atoms with Crippen molar-refractivity contribution in [3.05, 3.63) is 52.7 Å². The smallest absolute Gasteiger partial charge is 0.185 e. The second-order valence-corrected chi connectivity index (χ2v) is 4.61. The van der Waals surface area contributed by atoms with Crippen molar-refractivity contribution in [2.45, 2.75) is 10.8 Å². The van der Waals surface area contributed by atoms with Gasteiger partial charge in [0.2, 0.25) is 0 Å². The van der Waals surface area contributed by atoms with Gasteiger partial charge in [-0.3, -0.25) is 4.79 Å². The molecule has 0 fully saturated rings. The molecule has 0 saturated heterocycles. The van der Waals surface area contributed by atoms with Gasteiger partial charge in [-0.1, -0.05) is 35.5 Å². The molecule has 0 aliphatic rings. The minimum atomic E-state index is 0.360. The molecule has 1 aromatic heterocycles. The Hall–Kier alpha value is -1.19. The number of halogens is 1. The monoisotopic (exact) mass is 252 g/mol. The number of furan rings is 1. The summed E-state index contributed by atoms with van der Waals surface area (Å²) < 4.78 is 5.25. The summed E-state index contributed by atoms with van der Waals surface area (Å²) in [4.78, 5) is 10.4. The lowest BCUT2D eigenvalue weighted by molar-refractivity contribution is 0.109. The van der Waals surface area contributed by atoms with Crippen LogP contribution in [0.4, 0.5) is 0 Å². The summed E-state index contributed by atoms with van der Waals surface area (Å²) in [5, 5.41) is 1.48. The number of thioether (sulfide) groups is 1. The van der Waals surface area contributed by atoms with E-state index in [1.807, 2.05) is 24.3 Å². The van der Waals surface area contributed by atoms with E-state index in [0.29, 0.717) is 12.0 Å². The van der Waals surface area contributed by atoms with Gasteiger partial charge in [-0.2, -0.15) is 0 Å². The van der Waals surface area contributed by atoms with Gasteiger partial charge in [0.15, 0.2) is 17.1 Å². The first kappa shape index (κ1) is 11.3. The highest BCUT2D eigenvalue weighted by molar-refractivity contribution is 7.98. The maximum atomic E-state index is 10.4. The van der Waals surface area contributed by atoms with Gasteiger partial charge < -0.3 is 4.42 Å². The van der Waals surface area contributed by atoms with E-state index in [1.165, 1.54) is 5.56 Å². The molecule has 82 valence electrons. The Morgan fingerprint density at radius 3 is 2.56 bits per heavy atom. The number of carbonyl (C=O) groups excluding carboxylic acids is 1. The Labute approximate surface area is 103 Å². The molecule has 1 aromatic carbocycles. The van der Waals surface area contributed by atoms with Crippen LogP contribution >= 0.6 is 23.4 Å². The standard InChI is InChI=1S/C12H9ClO2S/c13-10-3-1-9(2-4-10)8-16-12-6-5-11(7-14)15-12/h1-7H,8H2. The summed E-state index contributed by atoms with van der Waals surface area (Å²) in [6.07, 6.45) is 0.701. The van der Waals surface area contributed by atoms with Gasteiger partial charge in [0.25, 0.3) is 0 Å². The summed E-state index contributed by atoms with van der Waals surface area (Å²) in [7, 11) is 0. The van der Waals surface area contributed by atoms with E-state index in [0.717, 1.165) is 15.9 Å². The summed E-state index contributed by atoms with van der Waals surface area (Å²) >= 11 is 7.33. The molecule has 4 heteroatoms. The van der Waals surface area contributed by atoms with E-state index in [2.05, 4.69) is 0 Å². The van der Waals surface area contributed by atoms with E-state index in [4.69, 9.17) is 16.0 Å². The summed E-state index contributed by atoms with van der Waals surface area (Å²) in [5.74, 6) is 1.15. The minimum Gasteiger partial charge on any atom is -0.447 e. The lowest BCUT2D eigenvalue weighted by Gasteiger charge is -1.98. The highest BCUT2D eigenvalue weighted by Gasteiger charge is 2.02. The maximum absolute atomic E-state index is 10.4. The van der Waals surface area contributed by atoms with Crippen molar-refractivity contribution in [2.75, 3.05) is 0 Å². The maximum Gasteiger partial charge on any atom is 0.185 e. The molecule has 2 rings (SSSR count). The number of rotatable bonds is 4. The van der Waals surface area contributed by atoms with Gasteiger partial charge in [-0.05, 0) is 29.8 Å². The number of hydrogen-bond acceptors (Lipinski definition) is 3. The lowest BCUT2D eigenvalue weighted by Crippen LogP contribution is -1.78. The predicted molar refractivity (Wildman–Crippen MR) is 65.1 cm³/mol. The highest BCUT2D eigenvalue weighted by Crippen LogP contribution is 2.24. The first-order valence-corrected chi connectivity index (χ1v) is 6.06. The van der Waals surface area contributed by atoms with E-state index >= 15 is 0 Å². The van der Waals surface area contributed by atoms with Crippen molar-refractivity contribution >= 4 is 29.6 Å². The molecule has 0 saturated carbocycles. The Bertz CT molecular complexity index is 476. The first-order valence-electron chi connectivity index (χ1n) is 4.70. The molecule has 0 unspecified atom stereocenters. The molecule has 0 N–H and O–H groups in total. The number of carbonyl (C=O) groups is 1. The van der Waals surface area contributed by atoms with Gasteiger partial charge in [0, 0.05) is 10.8 Å². The van der Waals surface area contributed by atoms with E-state index in [1.54, 1.807) is 23.9 Å². The molecule has 2 aromatic rings. The van der Waals surface area contributed by atoms with Gasteiger partial charge in [0.05, 0.1) is 0 Å². The van der Waals surface area contributed by atoms with Crippen LogP contribution < -0.4 is 0 Å². The Morgan fingerprint density at radius 2 is 1.94 bits per heavy atom. The molecule has 0 atom stereocenters. The quantitative estimate of drug-likeness (QED) is 0.608. The fourth-order valence-electron chi connectivity index (χ4n) is 1.21. The third-order valence-corrected chi connectivity index (χ3v) is 3.25. The van der Waals surface area contributed by atoms with Crippen molar-refractivity contribution in [2.24, 2.45) is 0 Å². The normalized spacial score (nSPS) is 10.3. The number of aldehydes is 1. The van der Waals surface area contributed by atoms with Crippen molar-refractivity contribution in [3.63, 3.8) is 0 Å². The van der Waals surface area contributed by atoms with Crippen LogP contribution in [-0.4, -0.2) is 6.29 Å². The third kappa shape index (κ3) is 2.90. The molecule has 0 aliphatic carbocycles. The van der Waals surface area contributed by atoms with Crippen LogP contribution in [0.5, 0.6) is 0 Å². The zero-order valence-electron chi connectivity index (χ0n) is 8.35. The fraction of sp³-hybridized carbons (Fsp3) is 0.0833. The molecule has 0 spiro atoms. The molecular formula is C12H9ClO2S. The Morgan fingerprint density at radius 1 is 1.19 bits per heavy atom. The fourth-order valence-corrected chi connectivity index (χ4v) is 2.16. The zero-order chi connectivity index (χ0) is 11.4. The average molecular weight is 253 g/mol. The molecule has 0 amide bonds. The molecular weight excluding hydrogens is 244 g/mol. The van der Waals surface area contributed by atoms with Crippen LogP contribution in [0.25, 0.3) is 0 Å². The summed E-state index contributed by atoms with van der Waals surface area (Å²) in [6.45, 7) is 0. The van der Waals surface area contributed by atoms with Gasteiger partial charge in [-0.15, -0.1) is 0 Å². The lowest BCUT2D eigenvalue weighted by atomic mass is 10.2. The van der Waals surface area contributed by atoms with E-state index in [9.17, 15) is 4.79 Å². The second-order valence-electron chi connectivity index (χ2n) is 3.19. The Balaban J connectivity index is 1.96. The molecule has 1 heterocycles. The number of hydrogen-bond donors (Lipinski definition) is 0. The van der Waals surface area contributed by atoms with Gasteiger partial charge >= 0.3 is 0 Å². The molecule has 0 radical (unpaired) electrons. The minimum absolute atomic E-state index is 0.360. The van der Waals surface area contributed by atoms with E-state index < -0.39 is 0 Å². The number of benzene rings is 1. The first-order chi connectivity index (χ1) is 7.78. The molecule has 0 bridgehead atoms. The van der Waals surface area contributed by atoms with Crippen LogP contribution in [0.15, 0.2) is 45.9 Å². The average Bonchev–Trinajstić information content (AvgIpc) is 2.76. The van der Waals surface area contributed by atoms with Crippen LogP contribution in [0.1, 0.15) is 16.1 Å². The second kappa shape index (κ2) is 5.23. The predicted octanol–water partition coefficient (Wildman–Crippen LogP) is 4.04. The Kier molecular flexibility index (Phi) is 3.70. The topological polar surface area (TPSA) is 30.2 Å². The van der Waals surface area contributed by atoms with Crippen molar-refractivity contribution in [3.8, 4) is 0 Å². The van der Waals surface area contributed by atoms with Crippen LogP contribution in [0, 0.1) is 0 Å². The van der Waals surface area contributed by atoms with Crippen molar-refractivity contribution in [1.82, 2.24) is 0 Å². The van der Waals surface area contributed by atoms with E-state index in [-0.39, 0.29) is 0 Å². The molecule has 2 nitrogen and oxygen atoms in total.